The Hall–Kier alpha value is -3.19. The number of rotatable bonds is 10. The minimum atomic E-state index is -1.02. The first-order chi connectivity index (χ1) is 14.2. The normalized spacial score (nSPS) is 11.8. The summed E-state index contributed by atoms with van der Waals surface area (Å²) in [5.74, 6) is -1.01. The maximum Gasteiger partial charge on any atom is 0.335 e. The molecule has 0 bridgehead atoms. The molecule has 30 heavy (non-hydrogen) atoms. The quantitative estimate of drug-likeness (QED) is 0.603. The number of carboxylic acids is 1. The molecule has 0 aromatic heterocycles. The van der Waals surface area contributed by atoms with E-state index in [2.05, 4.69) is 6.58 Å². The Bertz CT molecular complexity index is 899. The second-order valence-electron chi connectivity index (χ2n) is 7.17. The summed E-state index contributed by atoms with van der Waals surface area (Å²) in [5.41, 5.74) is 1.37. The lowest BCUT2D eigenvalue weighted by Crippen LogP contribution is -2.36. The molecule has 160 valence electrons. The number of carbonyl (C=O) groups excluding carboxylic acids is 1. The van der Waals surface area contributed by atoms with E-state index in [9.17, 15) is 14.0 Å². The fraction of sp³-hybridized carbons (Fsp3) is 0.304. The van der Waals surface area contributed by atoms with Crippen molar-refractivity contribution in [3.63, 3.8) is 0 Å². The number of aryl methyl sites for hydroxylation is 1. The molecule has 0 unspecified atom stereocenters. The van der Waals surface area contributed by atoms with Gasteiger partial charge in [-0.1, -0.05) is 18.7 Å². The molecule has 0 heterocycles. The molecule has 0 saturated carbocycles. The summed E-state index contributed by atoms with van der Waals surface area (Å²) in [6.45, 7) is 6.70. The maximum atomic E-state index is 14.2. The average molecular weight is 414 g/mol. The number of hydrogen-bond donors (Lipinski definition) is 1. The fourth-order valence-corrected chi connectivity index (χ4v) is 2.82. The van der Waals surface area contributed by atoms with Gasteiger partial charge in [0.25, 0.3) is 0 Å². The molecule has 6 nitrogen and oxygen atoms in total. The van der Waals surface area contributed by atoms with Gasteiger partial charge in [0.15, 0.2) is 0 Å². The van der Waals surface area contributed by atoms with E-state index in [1.54, 1.807) is 37.1 Å². The van der Waals surface area contributed by atoms with E-state index >= 15 is 0 Å². The van der Waals surface area contributed by atoms with Gasteiger partial charge in [0.1, 0.15) is 17.7 Å². The summed E-state index contributed by atoms with van der Waals surface area (Å²) in [6, 6.07) is 11.1. The Morgan fingerprint density at radius 3 is 2.40 bits per heavy atom. The van der Waals surface area contributed by atoms with E-state index in [0.29, 0.717) is 36.5 Å². The van der Waals surface area contributed by atoms with Crippen LogP contribution in [0.25, 0.3) is 0 Å². The van der Waals surface area contributed by atoms with E-state index in [0.717, 1.165) is 0 Å². The van der Waals surface area contributed by atoms with E-state index in [1.807, 2.05) is 18.0 Å². The monoisotopic (exact) mass is 414 g/mol. The topological polar surface area (TPSA) is 70.1 Å². The molecule has 1 amide bonds. The van der Waals surface area contributed by atoms with E-state index in [-0.39, 0.29) is 17.3 Å². The minimum Gasteiger partial charge on any atom is -0.484 e. The van der Waals surface area contributed by atoms with Crippen molar-refractivity contribution in [2.75, 3.05) is 33.7 Å². The Labute approximate surface area is 176 Å². The van der Waals surface area contributed by atoms with E-state index < -0.39 is 12.1 Å². The Balaban J connectivity index is 2.16. The molecule has 0 spiro atoms. The largest absolute Gasteiger partial charge is 0.484 e. The number of ether oxygens (including phenoxy) is 1. The predicted octanol–water partition coefficient (Wildman–Crippen LogP) is 3.53. The van der Waals surface area contributed by atoms with Gasteiger partial charge in [0.05, 0.1) is 5.56 Å². The van der Waals surface area contributed by atoms with Crippen molar-refractivity contribution in [3.8, 4) is 5.75 Å². The van der Waals surface area contributed by atoms with Crippen molar-refractivity contribution in [1.82, 2.24) is 9.80 Å². The molecule has 0 fully saturated rings. The third kappa shape index (κ3) is 6.42. The third-order valence-electron chi connectivity index (χ3n) is 4.79. The number of benzene rings is 2. The van der Waals surface area contributed by atoms with Crippen LogP contribution < -0.4 is 4.74 Å². The lowest BCUT2D eigenvalue weighted by molar-refractivity contribution is -0.124. The van der Waals surface area contributed by atoms with Crippen LogP contribution in [0.15, 0.2) is 55.1 Å². The highest BCUT2D eigenvalue weighted by atomic mass is 19.1. The molecule has 0 saturated heterocycles. The zero-order chi connectivity index (χ0) is 22.3. The number of carboxylic acid groups (broad SMARTS) is 1. The number of aromatic carboxylic acids is 1. The lowest BCUT2D eigenvalue weighted by atomic mass is 10.1. The standard InChI is InChI=1S/C23H27FN2O4/c1-5-22(27)26(4)13-12-25(3)15-21(18-7-6-16(2)20(24)14-18)30-19-10-8-17(9-11-19)23(28)29/h5-11,14,21H,1,12-13,15H2,2-4H3,(H,28,29)/t21-/m0/s1. The Morgan fingerprint density at radius 2 is 1.83 bits per heavy atom. The van der Waals surface area contributed by atoms with Gasteiger partial charge in [-0.25, -0.2) is 9.18 Å². The highest BCUT2D eigenvalue weighted by molar-refractivity contribution is 5.87. The predicted molar refractivity (Wildman–Crippen MR) is 113 cm³/mol. The number of hydrogen-bond acceptors (Lipinski definition) is 4. The number of nitrogens with zero attached hydrogens (tertiary/aromatic N) is 2. The molecule has 2 aromatic rings. The molecule has 0 aliphatic heterocycles. The van der Waals surface area contributed by atoms with Gasteiger partial charge in [0.2, 0.25) is 5.91 Å². The van der Waals surface area contributed by atoms with Gasteiger partial charge in [-0.3, -0.25) is 4.79 Å². The molecule has 0 aliphatic carbocycles. The van der Waals surface area contributed by atoms with Crippen molar-refractivity contribution >= 4 is 11.9 Å². The van der Waals surface area contributed by atoms with Crippen molar-refractivity contribution in [2.24, 2.45) is 0 Å². The molecular weight excluding hydrogens is 387 g/mol. The molecule has 0 aliphatic rings. The number of carbonyl (C=O) groups is 2. The van der Waals surface area contributed by atoms with E-state index in [4.69, 9.17) is 9.84 Å². The van der Waals surface area contributed by atoms with Crippen LogP contribution in [0, 0.1) is 12.7 Å². The molecule has 1 atom stereocenters. The van der Waals surface area contributed by atoms with Crippen LogP contribution in [0.2, 0.25) is 0 Å². The van der Waals surface area contributed by atoms with Gasteiger partial charge in [-0.05, 0) is 61.5 Å². The first-order valence-corrected chi connectivity index (χ1v) is 9.53. The summed E-state index contributed by atoms with van der Waals surface area (Å²) in [6.07, 6.45) is 0.781. The zero-order valence-electron chi connectivity index (χ0n) is 17.5. The Morgan fingerprint density at radius 1 is 1.17 bits per heavy atom. The molecule has 0 radical (unpaired) electrons. The van der Waals surface area contributed by atoms with Gasteiger partial charge >= 0.3 is 5.97 Å². The highest BCUT2D eigenvalue weighted by Crippen LogP contribution is 2.25. The van der Waals surface area contributed by atoms with Gasteiger partial charge in [0, 0.05) is 26.7 Å². The van der Waals surface area contributed by atoms with Crippen LogP contribution in [-0.2, 0) is 4.79 Å². The van der Waals surface area contributed by atoms with Crippen molar-refractivity contribution < 1.29 is 23.8 Å². The summed E-state index contributed by atoms with van der Waals surface area (Å²) in [5, 5.41) is 9.05. The first-order valence-electron chi connectivity index (χ1n) is 9.53. The third-order valence-corrected chi connectivity index (χ3v) is 4.79. The summed E-state index contributed by atoms with van der Waals surface area (Å²) in [4.78, 5) is 26.2. The van der Waals surface area contributed by atoms with Crippen molar-refractivity contribution in [1.29, 1.82) is 0 Å². The van der Waals surface area contributed by atoms with Crippen molar-refractivity contribution in [2.45, 2.75) is 13.0 Å². The Kier molecular flexibility index (Phi) is 8.12. The molecular formula is C23H27FN2O4. The first kappa shape index (κ1) is 23.1. The summed E-state index contributed by atoms with van der Waals surface area (Å²) >= 11 is 0. The zero-order valence-corrected chi connectivity index (χ0v) is 17.5. The number of amides is 1. The molecule has 2 rings (SSSR count). The van der Waals surface area contributed by atoms with Crippen LogP contribution in [0.3, 0.4) is 0 Å². The minimum absolute atomic E-state index is 0.157. The molecule has 7 heteroatoms. The van der Waals surface area contributed by atoms with E-state index in [1.165, 1.54) is 24.3 Å². The molecule has 2 aromatic carbocycles. The summed E-state index contributed by atoms with van der Waals surface area (Å²) < 4.78 is 20.2. The maximum absolute atomic E-state index is 14.2. The lowest BCUT2D eigenvalue weighted by Gasteiger charge is -2.27. The molecule has 1 N–H and O–H groups in total. The highest BCUT2D eigenvalue weighted by Gasteiger charge is 2.18. The average Bonchev–Trinajstić information content (AvgIpc) is 2.73. The number of likely N-dealkylation sites (N-methyl/N-ethyl adjacent to an activating group) is 2. The SMILES string of the molecule is C=CC(=O)N(C)CCN(C)C[C@H](Oc1ccc(C(=O)O)cc1)c1ccc(C)c(F)c1. The second-order valence-corrected chi connectivity index (χ2v) is 7.17. The fourth-order valence-electron chi connectivity index (χ4n) is 2.82. The van der Waals surface area contributed by atoms with Crippen LogP contribution in [0.5, 0.6) is 5.75 Å². The van der Waals surface area contributed by atoms with Gasteiger partial charge < -0.3 is 19.6 Å². The van der Waals surface area contributed by atoms with Crippen LogP contribution >= 0.6 is 0 Å². The van der Waals surface area contributed by atoms with Crippen LogP contribution in [-0.4, -0.2) is 60.5 Å². The van der Waals surface area contributed by atoms with Gasteiger partial charge in [-0.15, -0.1) is 0 Å². The van der Waals surface area contributed by atoms with Crippen LogP contribution in [0.4, 0.5) is 4.39 Å². The smallest absolute Gasteiger partial charge is 0.335 e. The van der Waals surface area contributed by atoms with Gasteiger partial charge in [-0.2, -0.15) is 0 Å². The second kappa shape index (κ2) is 10.5. The van der Waals surface area contributed by atoms with Crippen molar-refractivity contribution in [3.05, 3.63) is 77.6 Å². The number of halogens is 1. The van der Waals surface area contributed by atoms with Crippen LogP contribution in [0.1, 0.15) is 27.6 Å². The summed E-state index contributed by atoms with van der Waals surface area (Å²) in [7, 11) is 3.59.